The number of aromatic nitrogens is 3. The number of benzene rings is 1. The number of nitrogens with zero attached hydrogens (tertiary/aromatic N) is 5. The number of aryl methyl sites for hydroxylation is 1. The normalized spacial score (nSPS) is 10.4. The van der Waals surface area contributed by atoms with Crippen molar-refractivity contribution in [3.8, 4) is 11.9 Å². The second kappa shape index (κ2) is 8.41. The number of carboxylic acid groups (broad SMARTS) is 1. The van der Waals surface area contributed by atoms with Gasteiger partial charge in [0.05, 0.1) is 28.0 Å². The highest BCUT2D eigenvalue weighted by Crippen LogP contribution is 2.31. The molecular formula is C19H14Cl2N6O3. The van der Waals surface area contributed by atoms with Gasteiger partial charge in [-0.15, -0.1) is 0 Å². The highest BCUT2D eigenvalue weighted by Gasteiger charge is 2.23. The number of carbonyl (C=O) groups excluding carboxylic acids is 1. The first-order chi connectivity index (χ1) is 14.2. The smallest absolute Gasteiger partial charge is 0.411 e. The molecule has 2 heterocycles. The molecule has 1 aromatic carbocycles. The molecule has 0 fully saturated rings. The van der Waals surface area contributed by atoms with Crippen LogP contribution in [0.4, 0.5) is 16.2 Å². The van der Waals surface area contributed by atoms with Crippen LogP contribution >= 0.6 is 23.2 Å². The molecule has 0 atom stereocenters. The van der Waals surface area contributed by atoms with E-state index in [0.29, 0.717) is 5.56 Å². The summed E-state index contributed by atoms with van der Waals surface area (Å²) in [6.45, 7) is 1.65. The highest BCUT2D eigenvalue weighted by atomic mass is 35.5. The Hall–Kier alpha value is -3.61. The van der Waals surface area contributed by atoms with Crippen molar-refractivity contribution in [1.82, 2.24) is 14.8 Å². The third-order valence-electron chi connectivity index (χ3n) is 4.18. The molecular weight excluding hydrogens is 431 g/mol. The molecule has 0 saturated heterocycles. The lowest BCUT2D eigenvalue weighted by Crippen LogP contribution is -2.26. The molecule has 0 saturated carbocycles. The molecule has 0 unspecified atom stereocenters. The van der Waals surface area contributed by atoms with E-state index in [1.807, 2.05) is 6.07 Å². The Kier molecular flexibility index (Phi) is 5.91. The van der Waals surface area contributed by atoms with Gasteiger partial charge >= 0.3 is 6.09 Å². The van der Waals surface area contributed by atoms with Gasteiger partial charge in [-0.1, -0.05) is 23.2 Å². The molecule has 0 spiro atoms. The minimum Gasteiger partial charge on any atom is -0.465 e. The molecule has 0 bridgehead atoms. The summed E-state index contributed by atoms with van der Waals surface area (Å²) in [5.41, 5.74) is 1.15. The maximum atomic E-state index is 13.1. The Labute approximate surface area is 181 Å². The van der Waals surface area contributed by atoms with E-state index in [9.17, 15) is 20.0 Å². The predicted molar refractivity (Wildman–Crippen MR) is 112 cm³/mol. The largest absolute Gasteiger partial charge is 0.465 e. The molecule has 2 N–H and O–H groups in total. The number of halogens is 2. The third-order valence-corrected chi connectivity index (χ3v) is 4.66. The van der Waals surface area contributed by atoms with Crippen molar-refractivity contribution in [2.75, 3.05) is 17.3 Å². The lowest BCUT2D eigenvalue weighted by molar-refractivity contribution is 0.101. The Bertz CT molecular complexity index is 1200. The number of anilines is 2. The minimum atomic E-state index is -1.26. The maximum absolute atomic E-state index is 13.1. The van der Waals surface area contributed by atoms with Gasteiger partial charge in [-0.3, -0.25) is 9.69 Å². The van der Waals surface area contributed by atoms with Crippen LogP contribution in [0.25, 0.3) is 5.82 Å². The average Bonchev–Trinajstić information content (AvgIpc) is 3.10. The van der Waals surface area contributed by atoms with E-state index >= 15 is 0 Å². The zero-order valence-corrected chi connectivity index (χ0v) is 17.2. The van der Waals surface area contributed by atoms with Gasteiger partial charge in [-0.05, 0) is 36.8 Å². The van der Waals surface area contributed by atoms with Crippen LogP contribution in [-0.2, 0) is 0 Å². The Balaban J connectivity index is 2.07. The van der Waals surface area contributed by atoms with Gasteiger partial charge in [0.1, 0.15) is 5.69 Å². The van der Waals surface area contributed by atoms with E-state index in [0.717, 1.165) is 4.90 Å². The topological polar surface area (TPSA) is 124 Å². The van der Waals surface area contributed by atoms with Crippen LogP contribution in [0.3, 0.4) is 0 Å². The van der Waals surface area contributed by atoms with E-state index in [1.165, 1.54) is 36.1 Å². The monoisotopic (exact) mass is 444 g/mol. The van der Waals surface area contributed by atoms with Crippen molar-refractivity contribution in [2.45, 2.75) is 6.92 Å². The van der Waals surface area contributed by atoms with E-state index in [2.05, 4.69) is 15.4 Å². The fraction of sp³-hybridized carbons (Fsp3) is 0.105. The number of hydrogen-bond donors (Lipinski definition) is 2. The predicted octanol–water partition coefficient (Wildman–Crippen LogP) is 4.12. The van der Waals surface area contributed by atoms with Gasteiger partial charge in [0.15, 0.2) is 11.0 Å². The molecule has 0 aliphatic heterocycles. The standard InChI is InChI=1S/C19H14Cl2N6O3/c1-10-6-11(9-22)7-13(26(2)19(29)30)16(10)24-18(28)14-8-15(21)25-27(14)17-12(20)4-3-5-23-17/h3-8H,1-2H3,(H,24,28)(H,29,30). The van der Waals surface area contributed by atoms with Crippen LogP contribution < -0.4 is 10.2 Å². The summed E-state index contributed by atoms with van der Waals surface area (Å²) in [6.07, 6.45) is 0.233. The number of hydrogen-bond acceptors (Lipinski definition) is 5. The number of carbonyl (C=O) groups is 2. The van der Waals surface area contributed by atoms with Crippen molar-refractivity contribution in [2.24, 2.45) is 0 Å². The van der Waals surface area contributed by atoms with Gasteiger partial charge < -0.3 is 10.4 Å². The second-order valence-electron chi connectivity index (χ2n) is 6.17. The van der Waals surface area contributed by atoms with Crippen molar-refractivity contribution >= 4 is 46.6 Å². The number of amides is 2. The quantitative estimate of drug-likeness (QED) is 0.623. The van der Waals surface area contributed by atoms with Crippen LogP contribution in [0.1, 0.15) is 21.6 Å². The molecule has 30 heavy (non-hydrogen) atoms. The van der Waals surface area contributed by atoms with Crippen molar-refractivity contribution in [3.05, 3.63) is 63.5 Å². The van der Waals surface area contributed by atoms with Crippen LogP contribution in [-0.4, -0.2) is 38.9 Å². The minimum absolute atomic E-state index is 0.0355. The van der Waals surface area contributed by atoms with Gasteiger partial charge in [-0.25, -0.2) is 14.5 Å². The molecule has 0 radical (unpaired) electrons. The average molecular weight is 445 g/mol. The van der Waals surface area contributed by atoms with Crippen molar-refractivity contribution < 1.29 is 14.7 Å². The summed E-state index contributed by atoms with van der Waals surface area (Å²) >= 11 is 12.2. The summed E-state index contributed by atoms with van der Waals surface area (Å²) in [5.74, 6) is -0.417. The lowest BCUT2D eigenvalue weighted by atomic mass is 10.1. The van der Waals surface area contributed by atoms with E-state index < -0.39 is 12.0 Å². The fourth-order valence-corrected chi connectivity index (χ4v) is 3.13. The molecule has 0 aliphatic carbocycles. The molecule has 11 heteroatoms. The number of nitrogens with one attached hydrogen (secondary N) is 1. The van der Waals surface area contributed by atoms with Crippen LogP contribution in [0.5, 0.6) is 0 Å². The zero-order chi connectivity index (χ0) is 22.0. The number of pyridine rings is 1. The van der Waals surface area contributed by atoms with E-state index in [4.69, 9.17) is 23.2 Å². The van der Waals surface area contributed by atoms with E-state index in [-0.39, 0.29) is 38.6 Å². The first-order valence-electron chi connectivity index (χ1n) is 8.42. The van der Waals surface area contributed by atoms with Gasteiger partial charge in [0, 0.05) is 19.3 Å². The number of nitriles is 1. The van der Waals surface area contributed by atoms with Crippen LogP contribution in [0.2, 0.25) is 10.2 Å². The Morgan fingerprint density at radius 3 is 2.67 bits per heavy atom. The molecule has 2 aromatic heterocycles. The van der Waals surface area contributed by atoms with Gasteiger partial charge in [-0.2, -0.15) is 10.4 Å². The van der Waals surface area contributed by atoms with Crippen molar-refractivity contribution in [3.63, 3.8) is 0 Å². The summed E-state index contributed by atoms with van der Waals surface area (Å²) in [6, 6.07) is 9.43. The second-order valence-corrected chi connectivity index (χ2v) is 6.96. The van der Waals surface area contributed by atoms with Crippen LogP contribution in [0.15, 0.2) is 36.5 Å². The molecule has 2 amide bonds. The number of rotatable bonds is 4. The molecule has 3 aromatic rings. The summed E-state index contributed by atoms with van der Waals surface area (Å²) in [7, 11) is 1.31. The molecule has 0 aliphatic rings. The van der Waals surface area contributed by atoms with Gasteiger partial charge in [0.25, 0.3) is 5.91 Å². The maximum Gasteiger partial charge on any atom is 0.411 e. The fourth-order valence-electron chi connectivity index (χ4n) is 2.75. The van der Waals surface area contributed by atoms with Crippen molar-refractivity contribution in [1.29, 1.82) is 5.26 Å². The zero-order valence-electron chi connectivity index (χ0n) is 15.7. The summed E-state index contributed by atoms with van der Waals surface area (Å²) in [5, 5.41) is 25.6. The Morgan fingerprint density at radius 1 is 1.30 bits per heavy atom. The van der Waals surface area contributed by atoms with Gasteiger partial charge in [0.2, 0.25) is 0 Å². The Morgan fingerprint density at radius 2 is 2.03 bits per heavy atom. The highest BCUT2D eigenvalue weighted by molar-refractivity contribution is 6.32. The first-order valence-corrected chi connectivity index (χ1v) is 9.17. The third kappa shape index (κ3) is 4.05. The summed E-state index contributed by atoms with van der Waals surface area (Å²) < 4.78 is 1.19. The summed E-state index contributed by atoms with van der Waals surface area (Å²) in [4.78, 5) is 29.6. The SMILES string of the molecule is Cc1cc(C#N)cc(N(C)C(=O)O)c1NC(=O)c1cc(Cl)nn1-c1ncccc1Cl. The van der Waals surface area contributed by atoms with Crippen LogP contribution in [0, 0.1) is 18.3 Å². The van der Waals surface area contributed by atoms with E-state index in [1.54, 1.807) is 19.1 Å². The molecule has 9 nitrogen and oxygen atoms in total. The molecule has 152 valence electrons. The first kappa shape index (κ1) is 21.1. The molecule has 3 rings (SSSR count). The lowest BCUT2D eigenvalue weighted by Gasteiger charge is -2.20.